The molecule has 0 radical (unpaired) electrons. The molecule has 1 N–H and O–H groups in total. The van der Waals surface area contributed by atoms with Crippen LogP contribution in [0.5, 0.6) is 0 Å². The third-order valence-electron chi connectivity index (χ3n) is 4.73. The van der Waals surface area contributed by atoms with E-state index in [0.29, 0.717) is 12.1 Å². The molecule has 0 aromatic carbocycles. The maximum atomic E-state index is 6.40. The summed E-state index contributed by atoms with van der Waals surface area (Å²) >= 11 is 1.83. The molecule has 2 atom stereocenters. The second-order valence-electron chi connectivity index (χ2n) is 6.17. The van der Waals surface area contributed by atoms with E-state index >= 15 is 0 Å². The van der Waals surface area contributed by atoms with E-state index in [1.165, 1.54) is 49.8 Å². The van der Waals surface area contributed by atoms with Crippen molar-refractivity contribution in [1.29, 1.82) is 0 Å². The molecule has 19 heavy (non-hydrogen) atoms. The molecule has 1 aromatic heterocycles. The third kappa shape index (κ3) is 3.21. The van der Waals surface area contributed by atoms with Gasteiger partial charge in [0.25, 0.3) is 0 Å². The average molecular weight is 279 g/mol. The lowest BCUT2D eigenvalue weighted by Gasteiger charge is -2.33. The van der Waals surface area contributed by atoms with E-state index in [-0.39, 0.29) is 5.60 Å². The minimum Gasteiger partial charge on any atom is -0.370 e. The van der Waals surface area contributed by atoms with Crippen molar-refractivity contribution in [2.45, 2.75) is 69.6 Å². The lowest BCUT2D eigenvalue weighted by molar-refractivity contribution is -0.0628. The first-order chi connectivity index (χ1) is 9.27. The Labute approximate surface area is 120 Å². The van der Waals surface area contributed by atoms with Gasteiger partial charge in [-0.15, -0.1) is 11.3 Å². The number of thiophene rings is 1. The molecule has 0 bridgehead atoms. The van der Waals surface area contributed by atoms with E-state index < -0.39 is 0 Å². The summed E-state index contributed by atoms with van der Waals surface area (Å²) in [5, 5.41) is 5.78. The van der Waals surface area contributed by atoms with Crippen LogP contribution >= 0.6 is 11.3 Å². The van der Waals surface area contributed by atoms with Gasteiger partial charge in [0, 0.05) is 17.5 Å². The van der Waals surface area contributed by atoms with Gasteiger partial charge in [-0.2, -0.15) is 0 Å². The van der Waals surface area contributed by atoms with Crippen LogP contribution in [0.3, 0.4) is 0 Å². The smallest absolute Gasteiger partial charge is 0.0708 e. The van der Waals surface area contributed by atoms with Crippen molar-refractivity contribution in [2.75, 3.05) is 6.54 Å². The first-order valence-electron chi connectivity index (χ1n) is 7.72. The van der Waals surface area contributed by atoms with Crippen molar-refractivity contribution in [3.8, 4) is 0 Å². The van der Waals surface area contributed by atoms with Crippen LogP contribution in [0.1, 0.15) is 62.8 Å². The monoisotopic (exact) mass is 279 g/mol. The van der Waals surface area contributed by atoms with Crippen molar-refractivity contribution < 1.29 is 4.74 Å². The Bertz CT molecular complexity index is 383. The summed E-state index contributed by atoms with van der Waals surface area (Å²) in [5.74, 6) is 0. The summed E-state index contributed by atoms with van der Waals surface area (Å²) in [5.41, 5.74) is 0.261. The van der Waals surface area contributed by atoms with Crippen LogP contribution in [0.25, 0.3) is 0 Å². The maximum Gasteiger partial charge on any atom is 0.0708 e. The zero-order valence-corrected chi connectivity index (χ0v) is 12.7. The molecular formula is C16H25NOS. The zero-order chi connectivity index (χ0) is 13.1. The van der Waals surface area contributed by atoms with E-state index in [1.54, 1.807) is 0 Å². The molecule has 2 heterocycles. The normalized spacial score (nSPS) is 27.7. The first kappa shape index (κ1) is 13.6. The highest BCUT2D eigenvalue weighted by molar-refractivity contribution is 7.10. The van der Waals surface area contributed by atoms with Crippen molar-refractivity contribution in [3.05, 3.63) is 22.4 Å². The van der Waals surface area contributed by atoms with Gasteiger partial charge in [0.1, 0.15) is 0 Å². The fourth-order valence-corrected chi connectivity index (χ4v) is 4.31. The number of hydrogen-bond acceptors (Lipinski definition) is 3. The number of rotatable bonds is 4. The van der Waals surface area contributed by atoms with Gasteiger partial charge in [-0.25, -0.2) is 0 Å². The Morgan fingerprint density at radius 2 is 2.21 bits per heavy atom. The van der Waals surface area contributed by atoms with Gasteiger partial charge < -0.3 is 10.1 Å². The van der Waals surface area contributed by atoms with E-state index in [2.05, 4.69) is 29.8 Å². The molecule has 1 aromatic rings. The summed E-state index contributed by atoms with van der Waals surface area (Å²) in [6.45, 7) is 3.25. The van der Waals surface area contributed by atoms with E-state index in [1.807, 2.05) is 11.3 Å². The van der Waals surface area contributed by atoms with Crippen molar-refractivity contribution in [2.24, 2.45) is 0 Å². The molecule has 0 amide bonds. The van der Waals surface area contributed by atoms with Crippen LogP contribution in [0.4, 0.5) is 0 Å². The fourth-order valence-electron chi connectivity index (χ4n) is 3.55. The van der Waals surface area contributed by atoms with E-state index in [0.717, 1.165) is 6.54 Å². The standard InChI is InChI=1S/C16H25NOS/c1-13(15-6-5-11-19-15)17-12-14-7-10-16(18-14)8-3-2-4-9-16/h5-6,11,13-14,17H,2-4,7-10,12H2,1H3/t13-,14?/m0/s1. The molecular weight excluding hydrogens is 254 g/mol. The predicted octanol–water partition coefficient (Wildman–Crippen LogP) is 4.28. The van der Waals surface area contributed by atoms with Crippen LogP contribution in [0.2, 0.25) is 0 Å². The SMILES string of the molecule is C[C@H](NCC1CCC2(CCCCC2)O1)c1cccs1. The molecule has 3 heteroatoms. The molecule has 1 aliphatic carbocycles. The Balaban J connectivity index is 1.47. The second kappa shape index (κ2) is 5.94. The first-order valence-corrected chi connectivity index (χ1v) is 8.60. The fraction of sp³-hybridized carbons (Fsp3) is 0.750. The molecule has 1 spiro atoms. The highest BCUT2D eigenvalue weighted by Crippen LogP contribution is 2.41. The Kier molecular flexibility index (Phi) is 4.25. The van der Waals surface area contributed by atoms with Crippen LogP contribution < -0.4 is 5.32 Å². The third-order valence-corrected chi connectivity index (χ3v) is 5.78. The van der Waals surface area contributed by atoms with Crippen LogP contribution in [-0.2, 0) is 4.74 Å². The summed E-state index contributed by atoms with van der Waals surface area (Å²) < 4.78 is 6.40. The lowest BCUT2D eigenvalue weighted by atomic mass is 9.83. The summed E-state index contributed by atoms with van der Waals surface area (Å²) in [4.78, 5) is 1.42. The van der Waals surface area contributed by atoms with Crippen molar-refractivity contribution >= 4 is 11.3 Å². The molecule has 2 aliphatic rings. The number of nitrogens with one attached hydrogen (secondary N) is 1. The molecule has 2 fully saturated rings. The summed E-state index contributed by atoms with van der Waals surface area (Å²) in [7, 11) is 0. The van der Waals surface area contributed by atoms with Gasteiger partial charge in [-0.05, 0) is 44.1 Å². The minimum atomic E-state index is 0.261. The lowest BCUT2D eigenvalue weighted by Crippen LogP contribution is -2.35. The number of ether oxygens (including phenoxy) is 1. The van der Waals surface area contributed by atoms with Crippen LogP contribution in [0, 0.1) is 0 Å². The minimum absolute atomic E-state index is 0.261. The van der Waals surface area contributed by atoms with Crippen LogP contribution in [0.15, 0.2) is 17.5 Å². The average Bonchev–Trinajstić information content (AvgIpc) is 3.08. The Morgan fingerprint density at radius 3 is 2.95 bits per heavy atom. The molecule has 1 saturated heterocycles. The Hall–Kier alpha value is -0.380. The van der Waals surface area contributed by atoms with Crippen molar-refractivity contribution in [1.82, 2.24) is 5.32 Å². The molecule has 2 nitrogen and oxygen atoms in total. The van der Waals surface area contributed by atoms with Gasteiger partial charge in [0.15, 0.2) is 0 Å². The van der Waals surface area contributed by atoms with E-state index in [9.17, 15) is 0 Å². The Morgan fingerprint density at radius 1 is 1.37 bits per heavy atom. The largest absolute Gasteiger partial charge is 0.370 e. The maximum absolute atomic E-state index is 6.40. The zero-order valence-electron chi connectivity index (χ0n) is 11.9. The van der Waals surface area contributed by atoms with Gasteiger partial charge in [-0.3, -0.25) is 0 Å². The molecule has 1 unspecified atom stereocenters. The van der Waals surface area contributed by atoms with Gasteiger partial charge in [0.2, 0.25) is 0 Å². The number of hydrogen-bond donors (Lipinski definition) is 1. The van der Waals surface area contributed by atoms with Crippen molar-refractivity contribution in [3.63, 3.8) is 0 Å². The van der Waals surface area contributed by atoms with Gasteiger partial charge in [-0.1, -0.05) is 25.3 Å². The molecule has 106 valence electrons. The van der Waals surface area contributed by atoms with Crippen LogP contribution in [-0.4, -0.2) is 18.2 Å². The topological polar surface area (TPSA) is 21.3 Å². The van der Waals surface area contributed by atoms with E-state index in [4.69, 9.17) is 4.74 Å². The quantitative estimate of drug-likeness (QED) is 0.888. The summed E-state index contributed by atoms with van der Waals surface area (Å²) in [6.07, 6.45) is 9.69. The van der Waals surface area contributed by atoms with Gasteiger partial charge >= 0.3 is 0 Å². The highest BCUT2D eigenvalue weighted by atomic mass is 32.1. The molecule has 1 aliphatic heterocycles. The summed E-state index contributed by atoms with van der Waals surface area (Å²) in [6, 6.07) is 4.79. The van der Waals surface area contributed by atoms with Gasteiger partial charge in [0.05, 0.1) is 11.7 Å². The predicted molar refractivity (Wildman–Crippen MR) is 80.7 cm³/mol. The second-order valence-corrected chi connectivity index (χ2v) is 7.15. The molecule has 3 rings (SSSR count). The molecule has 1 saturated carbocycles. The highest BCUT2D eigenvalue weighted by Gasteiger charge is 2.40.